The smallest absolute Gasteiger partial charge is 0.228 e. The van der Waals surface area contributed by atoms with Crippen molar-refractivity contribution in [2.45, 2.75) is 13.3 Å². The zero-order chi connectivity index (χ0) is 6.15. The fourth-order valence-electron chi connectivity index (χ4n) is 0.719. The molecule has 1 aliphatic heterocycles. The second kappa shape index (κ2) is 1.62. The van der Waals surface area contributed by atoms with E-state index in [4.69, 9.17) is 0 Å². The zero-order valence-electron chi connectivity index (χ0n) is 4.98. The highest BCUT2D eigenvalue weighted by molar-refractivity contribution is 5.83. The summed E-state index contributed by atoms with van der Waals surface area (Å²) in [5.74, 6) is 0.206. The molecule has 2 heteroatoms. The van der Waals surface area contributed by atoms with Gasteiger partial charge in [-0.1, -0.05) is 6.58 Å². The Morgan fingerprint density at radius 3 is 2.50 bits per heavy atom. The summed E-state index contributed by atoms with van der Waals surface area (Å²) in [5, 5.41) is 0. The van der Waals surface area contributed by atoms with Crippen molar-refractivity contribution in [3.05, 3.63) is 12.3 Å². The number of nitrogens with zero attached hydrogens (tertiary/aromatic N) is 1. The lowest BCUT2D eigenvalue weighted by atomic mass is 10.2. The number of β-lactam (4-membered cyclic amide) rings is 1. The van der Waals surface area contributed by atoms with Gasteiger partial charge in [-0.2, -0.15) is 0 Å². The summed E-state index contributed by atoms with van der Waals surface area (Å²) < 4.78 is 0. The molecule has 44 valence electrons. The molecule has 0 aromatic carbocycles. The lowest BCUT2D eigenvalue weighted by Gasteiger charge is -2.30. The van der Waals surface area contributed by atoms with Crippen LogP contribution in [0.3, 0.4) is 0 Å². The maximum Gasteiger partial charge on any atom is 0.228 e. The molecule has 0 aliphatic carbocycles. The average Bonchev–Trinajstić information content (AvgIpc) is 1.61. The predicted molar refractivity (Wildman–Crippen MR) is 31.1 cm³/mol. The van der Waals surface area contributed by atoms with Gasteiger partial charge in [-0.3, -0.25) is 4.79 Å². The zero-order valence-corrected chi connectivity index (χ0v) is 4.98. The van der Waals surface area contributed by atoms with Crippen molar-refractivity contribution in [3.63, 3.8) is 0 Å². The molecule has 1 heterocycles. The molecule has 0 aromatic rings. The first-order valence-corrected chi connectivity index (χ1v) is 2.67. The van der Waals surface area contributed by atoms with Crippen molar-refractivity contribution < 1.29 is 4.79 Å². The van der Waals surface area contributed by atoms with E-state index < -0.39 is 0 Å². The van der Waals surface area contributed by atoms with Crippen molar-refractivity contribution in [2.75, 3.05) is 6.54 Å². The minimum absolute atomic E-state index is 0.206. The molecule has 0 radical (unpaired) electrons. The van der Waals surface area contributed by atoms with Gasteiger partial charge in [-0.15, -0.1) is 0 Å². The minimum Gasteiger partial charge on any atom is -0.317 e. The number of likely N-dealkylation sites (tertiary alicyclic amines) is 1. The van der Waals surface area contributed by atoms with Crippen LogP contribution < -0.4 is 0 Å². The number of allylic oxidation sites excluding steroid dienone is 1. The van der Waals surface area contributed by atoms with Crippen molar-refractivity contribution >= 4 is 5.91 Å². The third-order valence-corrected chi connectivity index (χ3v) is 1.31. The molecule has 1 amide bonds. The summed E-state index contributed by atoms with van der Waals surface area (Å²) >= 11 is 0. The van der Waals surface area contributed by atoms with E-state index in [-0.39, 0.29) is 5.91 Å². The van der Waals surface area contributed by atoms with Crippen LogP contribution in [0.2, 0.25) is 0 Å². The highest BCUT2D eigenvalue weighted by Crippen LogP contribution is 2.13. The molecule has 1 aliphatic rings. The normalized spacial score (nSPS) is 18.1. The van der Waals surface area contributed by atoms with E-state index in [0.717, 1.165) is 12.2 Å². The number of hydrogen-bond donors (Lipinski definition) is 0. The van der Waals surface area contributed by atoms with Crippen LogP contribution in [0.4, 0.5) is 0 Å². The van der Waals surface area contributed by atoms with Crippen LogP contribution in [0, 0.1) is 0 Å². The fourth-order valence-corrected chi connectivity index (χ4v) is 0.719. The minimum atomic E-state index is 0.206. The third kappa shape index (κ3) is 0.619. The van der Waals surface area contributed by atoms with Crippen LogP contribution in [-0.4, -0.2) is 17.4 Å². The number of amides is 1. The molecule has 2 nitrogen and oxygen atoms in total. The second-order valence-corrected chi connectivity index (χ2v) is 2.03. The quantitative estimate of drug-likeness (QED) is 0.457. The number of hydrogen-bond acceptors (Lipinski definition) is 1. The van der Waals surface area contributed by atoms with Gasteiger partial charge in [0.2, 0.25) is 5.91 Å². The van der Waals surface area contributed by atoms with Gasteiger partial charge in [0.05, 0.1) is 0 Å². The van der Waals surface area contributed by atoms with Gasteiger partial charge in [-0.05, 0) is 6.92 Å². The number of rotatable bonds is 1. The van der Waals surface area contributed by atoms with Gasteiger partial charge in [-0.25, -0.2) is 0 Å². The molecule has 0 spiro atoms. The molecule has 0 unspecified atom stereocenters. The molecule has 0 N–H and O–H groups in total. The van der Waals surface area contributed by atoms with Crippen LogP contribution in [0.1, 0.15) is 13.3 Å². The van der Waals surface area contributed by atoms with Crippen LogP contribution in [0.5, 0.6) is 0 Å². The van der Waals surface area contributed by atoms with Gasteiger partial charge >= 0.3 is 0 Å². The lowest BCUT2D eigenvalue weighted by molar-refractivity contribution is -0.136. The number of carbonyl (C=O) groups excluding carboxylic acids is 1. The van der Waals surface area contributed by atoms with Crippen LogP contribution in [0.15, 0.2) is 12.3 Å². The first kappa shape index (κ1) is 5.35. The van der Waals surface area contributed by atoms with Crippen molar-refractivity contribution in [1.82, 2.24) is 4.90 Å². The second-order valence-electron chi connectivity index (χ2n) is 2.03. The summed E-state index contributed by atoms with van der Waals surface area (Å²) in [6, 6.07) is 0. The fraction of sp³-hybridized carbons (Fsp3) is 0.500. The Balaban J connectivity index is 2.49. The van der Waals surface area contributed by atoms with Crippen LogP contribution in [-0.2, 0) is 4.79 Å². The molecular weight excluding hydrogens is 102 g/mol. The van der Waals surface area contributed by atoms with Gasteiger partial charge in [0.15, 0.2) is 0 Å². The van der Waals surface area contributed by atoms with Gasteiger partial charge in [0.25, 0.3) is 0 Å². The Bertz CT molecular complexity index is 131. The standard InChI is InChI=1S/C6H9NO/c1-5(2)7-4-3-6(7)8/h1,3-4H2,2H3. The van der Waals surface area contributed by atoms with Gasteiger partial charge in [0.1, 0.15) is 0 Å². The lowest BCUT2D eigenvalue weighted by Crippen LogP contribution is -2.41. The Labute approximate surface area is 48.8 Å². The highest BCUT2D eigenvalue weighted by atomic mass is 16.2. The Kier molecular flexibility index (Phi) is 1.08. The maximum atomic E-state index is 10.5. The molecular formula is C6H9NO. The third-order valence-electron chi connectivity index (χ3n) is 1.31. The highest BCUT2D eigenvalue weighted by Gasteiger charge is 2.23. The Hall–Kier alpha value is -0.790. The monoisotopic (exact) mass is 111 g/mol. The van der Waals surface area contributed by atoms with Crippen molar-refractivity contribution in [1.29, 1.82) is 0 Å². The maximum absolute atomic E-state index is 10.5. The molecule has 0 atom stereocenters. The van der Waals surface area contributed by atoms with E-state index in [1.807, 2.05) is 6.92 Å². The predicted octanol–water partition coefficient (Wildman–Crippen LogP) is 0.752. The summed E-state index contributed by atoms with van der Waals surface area (Å²) in [6.07, 6.45) is 0.701. The van der Waals surface area contributed by atoms with Gasteiger partial charge < -0.3 is 4.90 Å². The molecule has 0 saturated carbocycles. The molecule has 0 bridgehead atoms. The summed E-state index contributed by atoms with van der Waals surface area (Å²) in [7, 11) is 0. The summed E-state index contributed by atoms with van der Waals surface area (Å²) in [4.78, 5) is 12.2. The Morgan fingerprint density at radius 2 is 2.50 bits per heavy atom. The van der Waals surface area contributed by atoms with Crippen LogP contribution >= 0.6 is 0 Å². The van der Waals surface area contributed by atoms with E-state index >= 15 is 0 Å². The average molecular weight is 111 g/mol. The first-order valence-electron chi connectivity index (χ1n) is 2.67. The molecule has 8 heavy (non-hydrogen) atoms. The Morgan fingerprint density at radius 1 is 1.88 bits per heavy atom. The van der Waals surface area contributed by atoms with E-state index in [2.05, 4.69) is 6.58 Å². The van der Waals surface area contributed by atoms with Crippen molar-refractivity contribution in [3.8, 4) is 0 Å². The molecule has 1 fully saturated rings. The van der Waals surface area contributed by atoms with E-state index in [1.54, 1.807) is 4.90 Å². The first-order chi connectivity index (χ1) is 3.72. The largest absolute Gasteiger partial charge is 0.317 e. The topological polar surface area (TPSA) is 20.3 Å². The van der Waals surface area contributed by atoms with E-state index in [0.29, 0.717) is 6.42 Å². The molecule has 1 saturated heterocycles. The molecule has 0 aromatic heterocycles. The van der Waals surface area contributed by atoms with E-state index in [1.165, 1.54) is 0 Å². The SMILES string of the molecule is C=C(C)N1CCC1=O. The van der Waals surface area contributed by atoms with Gasteiger partial charge in [0, 0.05) is 18.7 Å². The summed E-state index contributed by atoms with van der Waals surface area (Å²) in [6.45, 7) is 6.35. The molecule has 1 rings (SSSR count). The summed E-state index contributed by atoms with van der Waals surface area (Å²) in [5.41, 5.74) is 0.862. The van der Waals surface area contributed by atoms with E-state index in [9.17, 15) is 4.79 Å². The van der Waals surface area contributed by atoms with Crippen LogP contribution in [0.25, 0.3) is 0 Å². The van der Waals surface area contributed by atoms with Crippen molar-refractivity contribution in [2.24, 2.45) is 0 Å². The number of carbonyl (C=O) groups is 1.